The number of hydrogen-bond acceptors (Lipinski definition) is 0. The molecule has 0 radical (unpaired) electrons. The van der Waals surface area contributed by atoms with Crippen molar-refractivity contribution in [2.75, 3.05) is 0 Å². The summed E-state index contributed by atoms with van der Waals surface area (Å²) in [6.07, 6.45) is 24.0. The van der Waals surface area contributed by atoms with Gasteiger partial charge in [0, 0.05) is 0 Å². The maximum atomic E-state index is 2.68. The fourth-order valence-electron chi connectivity index (χ4n) is 7.38. The fourth-order valence-corrected chi connectivity index (χ4v) is 16.4. The van der Waals surface area contributed by atoms with Crippen LogP contribution in [0.3, 0.4) is 0 Å². The van der Waals surface area contributed by atoms with Crippen LogP contribution in [-0.2, 0) is 38.5 Å². The Hall–Kier alpha value is -1.27. The molecule has 7 rings (SSSR count). The summed E-state index contributed by atoms with van der Waals surface area (Å²) in [6, 6.07) is 10.2. The zero-order valence-electron chi connectivity index (χ0n) is 22.5. The van der Waals surface area contributed by atoms with Gasteiger partial charge in [-0.1, -0.05) is 0 Å². The third-order valence-corrected chi connectivity index (χ3v) is 18.1. The van der Waals surface area contributed by atoms with Crippen molar-refractivity contribution in [1.82, 2.24) is 0 Å². The summed E-state index contributed by atoms with van der Waals surface area (Å²) in [7, 11) is 0. The number of fused-ring (bicyclic) bond motifs is 5. The molecule has 0 nitrogen and oxygen atoms in total. The summed E-state index contributed by atoms with van der Waals surface area (Å²) < 4.78 is 5.65. The molecule has 190 valence electrons. The van der Waals surface area contributed by atoms with Gasteiger partial charge in [0.05, 0.1) is 0 Å². The van der Waals surface area contributed by atoms with Gasteiger partial charge in [-0.2, -0.15) is 0 Å². The Morgan fingerprint density at radius 1 is 0.784 bits per heavy atom. The van der Waals surface area contributed by atoms with Crippen molar-refractivity contribution in [3.05, 3.63) is 88.5 Å². The van der Waals surface area contributed by atoms with Gasteiger partial charge in [0.2, 0.25) is 0 Å². The van der Waals surface area contributed by atoms with Gasteiger partial charge in [-0.05, 0) is 0 Å². The first-order valence-corrected chi connectivity index (χ1v) is 17.4. The average Bonchev–Trinajstić information content (AvgIpc) is 3.60. The van der Waals surface area contributed by atoms with E-state index in [2.05, 4.69) is 88.4 Å². The third kappa shape index (κ3) is 4.24. The summed E-state index contributed by atoms with van der Waals surface area (Å²) in [5.41, 5.74) is 12.4. The van der Waals surface area contributed by atoms with E-state index in [1.54, 1.807) is 11.1 Å². The van der Waals surface area contributed by atoms with Crippen LogP contribution in [0.1, 0.15) is 99.6 Å². The quantitative estimate of drug-likeness (QED) is 0.421. The van der Waals surface area contributed by atoms with E-state index in [0.717, 1.165) is 6.42 Å². The largest absolute Gasteiger partial charge is 1.00 e. The summed E-state index contributed by atoms with van der Waals surface area (Å²) in [5.74, 6) is 0. The Labute approximate surface area is 243 Å². The summed E-state index contributed by atoms with van der Waals surface area (Å²) in [4.78, 5) is 0. The number of benzene rings is 2. The molecule has 0 bridgehead atoms. The molecule has 0 amide bonds. The Bertz CT molecular complexity index is 1450. The minimum atomic E-state index is -2.03. The van der Waals surface area contributed by atoms with Crippen molar-refractivity contribution < 1.29 is 46.1 Å². The molecule has 5 aliphatic rings. The van der Waals surface area contributed by atoms with Crippen LogP contribution in [0.2, 0.25) is 0 Å². The molecule has 1 fully saturated rings. The Morgan fingerprint density at radius 2 is 1.46 bits per heavy atom. The second-order valence-electron chi connectivity index (χ2n) is 12.5. The van der Waals surface area contributed by atoms with Gasteiger partial charge in [0.1, 0.15) is 0 Å². The smallest absolute Gasteiger partial charge is 1.00 e. The Morgan fingerprint density at radius 3 is 2.14 bits per heavy atom. The maximum absolute atomic E-state index is 2.68. The predicted octanol–water partition coefficient (Wildman–Crippen LogP) is 2.80. The van der Waals surface area contributed by atoms with Crippen LogP contribution in [0.25, 0.3) is 23.3 Å². The normalized spacial score (nSPS) is 20.6. The van der Waals surface area contributed by atoms with Gasteiger partial charge in [-0.3, -0.25) is 0 Å². The molecule has 0 atom stereocenters. The van der Waals surface area contributed by atoms with Crippen LogP contribution < -0.4 is 24.8 Å². The van der Waals surface area contributed by atoms with Gasteiger partial charge in [0.25, 0.3) is 0 Å². The summed E-state index contributed by atoms with van der Waals surface area (Å²) in [5, 5.41) is 0. The van der Waals surface area contributed by atoms with Crippen molar-refractivity contribution in [3.8, 4) is 11.1 Å². The molecule has 0 unspecified atom stereocenters. The van der Waals surface area contributed by atoms with Gasteiger partial charge < -0.3 is 24.8 Å². The zero-order chi connectivity index (χ0) is 23.9. The van der Waals surface area contributed by atoms with Crippen molar-refractivity contribution in [2.45, 2.75) is 83.5 Å². The molecule has 0 aliphatic heterocycles. The molecular formula is C34H36Cl2Zr. The minimum absolute atomic E-state index is 0. The molecule has 5 aliphatic carbocycles. The Balaban J connectivity index is 0.00000140. The molecule has 0 N–H and O–H groups in total. The summed E-state index contributed by atoms with van der Waals surface area (Å²) >= 11 is -2.03. The van der Waals surface area contributed by atoms with Crippen LogP contribution in [-0.4, -0.2) is 3.21 Å². The average molecular weight is 607 g/mol. The molecule has 3 heteroatoms. The van der Waals surface area contributed by atoms with Crippen LogP contribution in [0.4, 0.5) is 0 Å². The first-order valence-electron chi connectivity index (χ1n) is 13.7. The van der Waals surface area contributed by atoms with E-state index in [9.17, 15) is 0 Å². The van der Waals surface area contributed by atoms with E-state index in [1.807, 2.05) is 9.77 Å². The SMILES string of the molecule is CC1(C)C=Cc2cc3c(cc21)Cc1cc2c(cc1-3)C=[C]([Zr+2]([C]1=CC=CC1)=[C]1CCCCC1)C2(C)C.[Cl-].[Cl-]. The molecule has 37 heavy (non-hydrogen) atoms. The molecular weight excluding hydrogens is 571 g/mol. The van der Waals surface area contributed by atoms with E-state index >= 15 is 0 Å². The van der Waals surface area contributed by atoms with Crippen molar-refractivity contribution in [2.24, 2.45) is 0 Å². The van der Waals surface area contributed by atoms with Crippen molar-refractivity contribution in [3.63, 3.8) is 0 Å². The monoisotopic (exact) mass is 604 g/mol. The summed E-state index contributed by atoms with van der Waals surface area (Å²) in [6.45, 7) is 9.76. The topological polar surface area (TPSA) is 0 Å². The first kappa shape index (κ1) is 27.3. The molecule has 1 saturated carbocycles. The van der Waals surface area contributed by atoms with Crippen molar-refractivity contribution >= 4 is 15.4 Å². The van der Waals surface area contributed by atoms with E-state index in [4.69, 9.17) is 0 Å². The van der Waals surface area contributed by atoms with E-state index < -0.39 is 21.3 Å². The van der Waals surface area contributed by atoms with E-state index in [1.165, 1.54) is 71.9 Å². The van der Waals surface area contributed by atoms with Gasteiger partial charge in [-0.15, -0.1) is 0 Å². The van der Waals surface area contributed by atoms with Crippen LogP contribution in [0.5, 0.6) is 0 Å². The van der Waals surface area contributed by atoms with Crippen LogP contribution >= 0.6 is 0 Å². The van der Waals surface area contributed by atoms with Crippen LogP contribution in [0.15, 0.2) is 55.1 Å². The second kappa shape index (κ2) is 9.73. The third-order valence-electron chi connectivity index (χ3n) is 9.41. The molecule has 0 spiro atoms. The maximum Gasteiger partial charge on any atom is -1.00 e. The first-order chi connectivity index (χ1) is 16.8. The van der Waals surface area contributed by atoms with Crippen molar-refractivity contribution in [1.29, 1.82) is 0 Å². The fraction of sp³-hybridized carbons (Fsp3) is 0.382. The molecule has 2 aromatic rings. The number of halogens is 2. The predicted molar refractivity (Wildman–Crippen MR) is 148 cm³/mol. The number of allylic oxidation sites excluding steroid dienone is 6. The van der Waals surface area contributed by atoms with Gasteiger partial charge >= 0.3 is 220 Å². The molecule has 0 aromatic heterocycles. The van der Waals surface area contributed by atoms with Gasteiger partial charge in [-0.25, -0.2) is 0 Å². The number of rotatable bonds is 2. The van der Waals surface area contributed by atoms with Gasteiger partial charge in [0.15, 0.2) is 0 Å². The van der Waals surface area contributed by atoms with E-state index in [-0.39, 0.29) is 35.6 Å². The minimum Gasteiger partial charge on any atom is -1.00 e. The molecule has 0 heterocycles. The number of hydrogen-bond donors (Lipinski definition) is 0. The second-order valence-corrected chi connectivity index (χ2v) is 19.0. The van der Waals surface area contributed by atoms with E-state index in [0.29, 0.717) is 0 Å². The molecule has 2 aromatic carbocycles. The Kier molecular flexibility index (Phi) is 7.18. The van der Waals surface area contributed by atoms with Crippen LogP contribution in [0, 0.1) is 0 Å². The zero-order valence-corrected chi connectivity index (χ0v) is 26.4. The standard InChI is InChI=1S/C23H21.C6H10.C5H5.2ClH.Zr/c1-22(2)7-5-14-10-18-16(12-20(14)22)9-17-13-21-15(11-19(17)18)6-8-23(21,3)4;1-2-4-6-5-3-1;1-2-4-5-3-1;;;/h5-7,10-13H,9H2,1-4H3;1-5H2;1-3H,4H2;2*1H;/q;;;;;+2/p-2. The molecule has 0 saturated heterocycles.